The molecule has 11 heteroatoms. The van der Waals surface area contributed by atoms with Crippen molar-refractivity contribution in [3.8, 4) is 17.2 Å². The number of sulfonamides is 1. The predicted octanol–water partition coefficient (Wildman–Crippen LogP) is 5.73. The number of hydrazone groups is 1. The van der Waals surface area contributed by atoms with Crippen LogP contribution >= 0.6 is 11.6 Å². The van der Waals surface area contributed by atoms with Crippen LogP contribution in [0, 0.1) is 27.7 Å². The molecule has 1 N–H and O–H groups in total. The summed E-state index contributed by atoms with van der Waals surface area (Å²) in [5.41, 5.74) is 8.18. The van der Waals surface area contributed by atoms with E-state index in [4.69, 9.17) is 21.1 Å². The van der Waals surface area contributed by atoms with Crippen molar-refractivity contribution in [2.75, 3.05) is 25.1 Å². The molecule has 0 atom stereocenters. The molecule has 0 aliphatic heterocycles. The summed E-state index contributed by atoms with van der Waals surface area (Å²) in [6.45, 7) is 7.15. The lowest BCUT2D eigenvalue weighted by Crippen LogP contribution is -2.39. The first kappa shape index (κ1) is 30.7. The van der Waals surface area contributed by atoms with E-state index in [1.807, 2.05) is 64.1 Å². The molecule has 0 radical (unpaired) electrons. The third kappa shape index (κ3) is 6.61. The van der Waals surface area contributed by atoms with E-state index >= 15 is 0 Å². The summed E-state index contributed by atoms with van der Waals surface area (Å²) in [6.07, 6.45) is 1.54. The minimum atomic E-state index is -4.19. The number of ether oxygens (including phenoxy) is 2. The summed E-state index contributed by atoms with van der Waals surface area (Å²) in [5, 5.41) is 4.78. The molecular formula is C31H33ClN4O5S. The van der Waals surface area contributed by atoms with Crippen molar-refractivity contribution >= 4 is 39.4 Å². The Morgan fingerprint density at radius 2 is 1.57 bits per heavy atom. The number of benzene rings is 3. The molecule has 1 heterocycles. The highest BCUT2D eigenvalue weighted by atomic mass is 35.5. The maximum absolute atomic E-state index is 13.9. The minimum Gasteiger partial charge on any atom is -0.493 e. The molecule has 0 fully saturated rings. The maximum atomic E-state index is 13.9. The average molecular weight is 609 g/mol. The first-order chi connectivity index (χ1) is 19.9. The number of nitrogens with zero attached hydrogens (tertiary/aromatic N) is 3. The zero-order valence-corrected chi connectivity index (χ0v) is 25.9. The normalized spacial score (nSPS) is 11.5. The number of aryl methyl sites for hydroxylation is 3. The van der Waals surface area contributed by atoms with Gasteiger partial charge in [0.05, 0.1) is 31.0 Å². The van der Waals surface area contributed by atoms with Crippen LogP contribution < -0.4 is 19.2 Å². The summed E-state index contributed by atoms with van der Waals surface area (Å²) in [5.74, 6) is 0.0297. The number of halogens is 1. The van der Waals surface area contributed by atoms with Crippen molar-refractivity contribution in [2.24, 2.45) is 5.10 Å². The number of hydrogen-bond donors (Lipinski definition) is 1. The van der Waals surface area contributed by atoms with Gasteiger partial charge in [0.1, 0.15) is 6.54 Å². The summed E-state index contributed by atoms with van der Waals surface area (Å²) in [6, 6.07) is 19.1. The van der Waals surface area contributed by atoms with E-state index in [1.54, 1.807) is 12.1 Å². The lowest BCUT2D eigenvalue weighted by molar-refractivity contribution is -0.119. The van der Waals surface area contributed by atoms with Gasteiger partial charge in [-0.25, -0.2) is 13.8 Å². The first-order valence-corrected chi connectivity index (χ1v) is 14.9. The molecule has 4 aromatic rings. The molecule has 42 heavy (non-hydrogen) atoms. The van der Waals surface area contributed by atoms with E-state index in [-0.39, 0.29) is 10.6 Å². The van der Waals surface area contributed by atoms with Gasteiger partial charge in [0.25, 0.3) is 15.9 Å². The molecule has 0 unspecified atom stereocenters. The monoisotopic (exact) mass is 608 g/mol. The van der Waals surface area contributed by atoms with Crippen LogP contribution in [-0.4, -0.2) is 45.9 Å². The summed E-state index contributed by atoms with van der Waals surface area (Å²) in [4.78, 5) is 13.1. The molecule has 0 spiro atoms. The zero-order chi connectivity index (χ0) is 30.6. The molecule has 0 aliphatic carbocycles. The number of carbonyl (C=O) groups excluding carboxylic acids is 1. The molecule has 0 bridgehead atoms. The molecule has 0 saturated carbocycles. The van der Waals surface area contributed by atoms with E-state index in [2.05, 4.69) is 15.1 Å². The van der Waals surface area contributed by atoms with Gasteiger partial charge in [-0.05, 0) is 93.4 Å². The second kappa shape index (κ2) is 12.7. The van der Waals surface area contributed by atoms with E-state index in [9.17, 15) is 13.2 Å². The lowest BCUT2D eigenvalue weighted by Gasteiger charge is -2.25. The highest BCUT2D eigenvalue weighted by Gasteiger charge is 2.29. The fraction of sp³-hybridized carbons (Fsp3) is 0.226. The Labute approximate surface area is 251 Å². The topological polar surface area (TPSA) is 102 Å². The van der Waals surface area contributed by atoms with Gasteiger partial charge < -0.3 is 14.0 Å². The number of methoxy groups -OCH3 is 2. The van der Waals surface area contributed by atoms with Crippen LogP contribution in [0.15, 0.2) is 76.7 Å². The molecular weight excluding hydrogens is 576 g/mol. The Hall–Kier alpha value is -4.28. The van der Waals surface area contributed by atoms with Crippen LogP contribution in [0.5, 0.6) is 11.5 Å². The van der Waals surface area contributed by atoms with Crippen LogP contribution in [0.1, 0.15) is 28.1 Å². The lowest BCUT2D eigenvalue weighted by atomic mass is 10.1. The molecule has 3 aromatic carbocycles. The molecule has 9 nitrogen and oxygen atoms in total. The Bertz CT molecular complexity index is 1730. The van der Waals surface area contributed by atoms with Gasteiger partial charge >= 0.3 is 0 Å². The fourth-order valence-corrected chi connectivity index (χ4v) is 6.31. The summed E-state index contributed by atoms with van der Waals surface area (Å²) in [7, 11) is -1.30. The summed E-state index contributed by atoms with van der Waals surface area (Å²) < 4.78 is 41.5. The quantitative estimate of drug-likeness (QED) is 0.183. The SMILES string of the molecule is COc1ccc(S(=O)(=O)N(CC(=O)N/N=C\c2cc(C)n(-c3ccc(Cl)cc3)c2C)c2cc(C)cc(C)c2)cc1OC. The third-order valence-electron chi connectivity index (χ3n) is 6.67. The van der Waals surface area contributed by atoms with Crippen LogP contribution in [0.4, 0.5) is 5.69 Å². The van der Waals surface area contributed by atoms with Crippen LogP contribution in [0.2, 0.25) is 5.02 Å². The molecule has 0 aliphatic rings. The summed E-state index contributed by atoms with van der Waals surface area (Å²) >= 11 is 6.04. The van der Waals surface area contributed by atoms with Crippen LogP contribution in [0.3, 0.4) is 0 Å². The number of anilines is 1. The van der Waals surface area contributed by atoms with Crippen molar-refractivity contribution in [3.05, 3.63) is 99.8 Å². The van der Waals surface area contributed by atoms with Crippen molar-refractivity contribution in [1.82, 2.24) is 9.99 Å². The second-order valence-electron chi connectivity index (χ2n) is 9.81. The van der Waals surface area contributed by atoms with Gasteiger partial charge in [-0.15, -0.1) is 0 Å². The Balaban J connectivity index is 1.61. The number of amides is 1. The zero-order valence-electron chi connectivity index (χ0n) is 24.3. The first-order valence-electron chi connectivity index (χ1n) is 13.0. The molecule has 0 saturated heterocycles. The number of nitrogens with one attached hydrogen (secondary N) is 1. The number of carbonyl (C=O) groups is 1. The van der Waals surface area contributed by atoms with Gasteiger partial charge in [0.2, 0.25) is 0 Å². The van der Waals surface area contributed by atoms with Crippen molar-refractivity contribution in [2.45, 2.75) is 32.6 Å². The van der Waals surface area contributed by atoms with E-state index in [0.717, 1.165) is 38.1 Å². The van der Waals surface area contributed by atoms with Crippen molar-refractivity contribution in [1.29, 1.82) is 0 Å². The average Bonchev–Trinajstić information content (AvgIpc) is 3.23. The number of aromatic nitrogens is 1. The van der Waals surface area contributed by atoms with Gasteiger partial charge in [-0.2, -0.15) is 5.10 Å². The molecule has 1 amide bonds. The van der Waals surface area contributed by atoms with Crippen molar-refractivity contribution in [3.63, 3.8) is 0 Å². The number of rotatable bonds is 10. The highest BCUT2D eigenvalue weighted by Crippen LogP contribution is 2.32. The van der Waals surface area contributed by atoms with E-state index in [0.29, 0.717) is 16.5 Å². The van der Waals surface area contributed by atoms with Crippen LogP contribution in [-0.2, 0) is 14.8 Å². The van der Waals surface area contributed by atoms with Crippen LogP contribution in [0.25, 0.3) is 5.69 Å². The molecule has 4 rings (SSSR count). The van der Waals surface area contributed by atoms with Gasteiger partial charge in [0.15, 0.2) is 11.5 Å². The van der Waals surface area contributed by atoms with E-state index in [1.165, 1.54) is 38.6 Å². The third-order valence-corrected chi connectivity index (χ3v) is 8.69. The van der Waals surface area contributed by atoms with Gasteiger partial charge in [0, 0.05) is 33.7 Å². The van der Waals surface area contributed by atoms with Crippen molar-refractivity contribution < 1.29 is 22.7 Å². The number of hydrogen-bond acceptors (Lipinski definition) is 6. The predicted molar refractivity (Wildman–Crippen MR) is 166 cm³/mol. The minimum absolute atomic E-state index is 0.0507. The molecule has 1 aromatic heterocycles. The van der Waals surface area contributed by atoms with E-state index < -0.39 is 22.5 Å². The largest absolute Gasteiger partial charge is 0.493 e. The Morgan fingerprint density at radius 1 is 0.929 bits per heavy atom. The maximum Gasteiger partial charge on any atom is 0.264 e. The smallest absolute Gasteiger partial charge is 0.264 e. The fourth-order valence-electron chi connectivity index (χ4n) is 4.76. The Kier molecular flexibility index (Phi) is 9.28. The second-order valence-corrected chi connectivity index (χ2v) is 12.1. The van der Waals surface area contributed by atoms with Gasteiger partial charge in [-0.3, -0.25) is 9.10 Å². The standard InChI is InChI=1S/C31H33ClN4O5S/c1-20-13-21(2)15-27(14-20)35(42(38,39)28-11-12-29(40-5)30(17-28)41-6)19-31(37)34-33-18-24-16-22(3)36(23(24)4)26-9-7-25(32)8-10-26/h7-18H,19H2,1-6H3,(H,34,37)/b33-18-. The molecule has 220 valence electrons. The van der Waals surface area contributed by atoms with Gasteiger partial charge in [-0.1, -0.05) is 17.7 Å². The highest BCUT2D eigenvalue weighted by molar-refractivity contribution is 7.92. The Morgan fingerprint density at radius 3 is 2.19 bits per heavy atom.